The Morgan fingerprint density at radius 1 is 1.37 bits per heavy atom. The van der Waals surface area contributed by atoms with Crippen molar-refractivity contribution in [3.05, 3.63) is 35.9 Å². The molecule has 1 aromatic rings. The van der Waals surface area contributed by atoms with Gasteiger partial charge in [-0.05, 0) is 45.6 Å². The molecule has 2 atom stereocenters. The smallest absolute Gasteiger partial charge is 0.127 e. The van der Waals surface area contributed by atoms with Crippen LogP contribution in [-0.2, 0) is 4.84 Å². The van der Waals surface area contributed by atoms with Crippen LogP contribution in [0.5, 0.6) is 0 Å². The van der Waals surface area contributed by atoms with Crippen LogP contribution in [0.1, 0.15) is 51.7 Å². The van der Waals surface area contributed by atoms with Gasteiger partial charge in [-0.3, -0.25) is 4.84 Å². The molecule has 0 saturated carbocycles. The third-order valence-electron chi connectivity index (χ3n) is 3.99. The highest BCUT2D eigenvalue weighted by molar-refractivity contribution is 5.17. The number of aliphatic hydroxyl groups is 1. The van der Waals surface area contributed by atoms with Crippen molar-refractivity contribution in [1.29, 1.82) is 0 Å². The van der Waals surface area contributed by atoms with Gasteiger partial charge in [0.25, 0.3) is 0 Å². The lowest BCUT2D eigenvalue weighted by atomic mass is 9.89. The van der Waals surface area contributed by atoms with Crippen LogP contribution in [0.2, 0.25) is 0 Å². The number of piperidine rings is 1. The average molecular weight is 263 g/mol. The molecule has 106 valence electrons. The van der Waals surface area contributed by atoms with Crippen molar-refractivity contribution in [2.24, 2.45) is 0 Å². The molecular formula is C16H25NO2. The largest absolute Gasteiger partial charge is 0.393 e. The van der Waals surface area contributed by atoms with E-state index in [0.717, 1.165) is 18.4 Å². The Hall–Kier alpha value is -0.900. The van der Waals surface area contributed by atoms with E-state index >= 15 is 0 Å². The summed E-state index contributed by atoms with van der Waals surface area (Å²) in [5, 5.41) is 11.7. The third kappa shape index (κ3) is 3.35. The second-order valence-corrected chi connectivity index (χ2v) is 6.07. The minimum Gasteiger partial charge on any atom is -0.393 e. The maximum atomic E-state index is 9.61. The first-order chi connectivity index (χ1) is 9.04. The van der Waals surface area contributed by atoms with Gasteiger partial charge >= 0.3 is 0 Å². The van der Waals surface area contributed by atoms with Crippen LogP contribution >= 0.6 is 0 Å². The Bertz CT molecular complexity index is 391. The fourth-order valence-electron chi connectivity index (χ4n) is 2.91. The molecule has 0 aromatic heterocycles. The molecule has 0 amide bonds. The van der Waals surface area contributed by atoms with E-state index in [2.05, 4.69) is 25.8 Å². The molecule has 0 radical (unpaired) electrons. The summed E-state index contributed by atoms with van der Waals surface area (Å²) < 4.78 is 0. The molecule has 3 heteroatoms. The number of hydrogen-bond acceptors (Lipinski definition) is 3. The molecule has 2 unspecified atom stereocenters. The van der Waals surface area contributed by atoms with Gasteiger partial charge in [-0.25, -0.2) is 0 Å². The maximum absolute atomic E-state index is 9.61. The summed E-state index contributed by atoms with van der Waals surface area (Å²) >= 11 is 0. The molecule has 1 fully saturated rings. The Morgan fingerprint density at radius 2 is 2.05 bits per heavy atom. The Kier molecular flexibility index (Phi) is 4.61. The second kappa shape index (κ2) is 6.04. The summed E-state index contributed by atoms with van der Waals surface area (Å²) in [5.74, 6) is 0. The Balaban J connectivity index is 2.13. The molecule has 0 spiro atoms. The second-order valence-electron chi connectivity index (χ2n) is 6.07. The molecule has 0 aliphatic carbocycles. The fourth-order valence-corrected chi connectivity index (χ4v) is 2.91. The van der Waals surface area contributed by atoms with Gasteiger partial charge in [-0.1, -0.05) is 30.3 Å². The summed E-state index contributed by atoms with van der Waals surface area (Å²) in [7, 11) is 0. The first kappa shape index (κ1) is 14.5. The number of hydroxylamine groups is 2. The number of nitrogens with zero attached hydrogens (tertiary/aromatic N) is 1. The Morgan fingerprint density at radius 3 is 2.63 bits per heavy atom. The minimum atomic E-state index is -0.277. The predicted molar refractivity (Wildman–Crippen MR) is 76.6 cm³/mol. The zero-order valence-electron chi connectivity index (χ0n) is 12.2. The van der Waals surface area contributed by atoms with E-state index < -0.39 is 0 Å². The molecule has 2 rings (SSSR count). The first-order valence-corrected chi connectivity index (χ1v) is 7.16. The van der Waals surface area contributed by atoms with Crippen LogP contribution in [0, 0.1) is 0 Å². The van der Waals surface area contributed by atoms with Crippen LogP contribution in [-0.4, -0.2) is 28.4 Å². The van der Waals surface area contributed by atoms with Gasteiger partial charge in [-0.15, -0.1) is 0 Å². The van der Waals surface area contributed by atoms with Gasteiger partial charge in [0.1, 0.15) is 6.10 Å². The minimum absolute atomic E-state index is 0.00329. The normalized spacial score (nSPS) is 25.2. The number of aliphatic hydroxyl groups excluding tert-OH is 1. The zero-order valence-corrected chi connectivity index (χ0v) is 12.2. The van der Waals surface area contributed by atoms with Gasteiger partial charge in [0.2, 0.25) is 0 Å². The third-order valence-corrected chi connectivity index (χ3v) is 3.99. The predicted octanol–water partition coefficient (Wildman–Crippen LogP) is 3.30. The summed E-state index contributed by atoms with van der Waals surface area (Å²) in [6.45, 7) is 6.62. The van der Waals surface area contributed by atoms with Gasteiger partial charge in [0.05, 0.1) is 6.61 Å². The molecule has 1 heterocycles. The van der Waals surface area contributed by atoms with Crippen molar-refractivity contribution < 1.29 is 9.94 Å². The molecule has 1 N–H and O–H groups in total. The van der Waals surface area contributed by atoms with Gasteiger partial charge in [-0.2, -0.15) is 5.06 Å². The first-order valence-electron chi connectivity index (χ1n) is 7.16. The molecule has 1 aliphatic heterocycles. The van der Waals surface area contributed by atoms with E-state index in [1.54, 1.807) is 0 Å². The van der Waals surface area contributed by atoms with Crippen molar-refractivity contribution in [3.63, 3.8) is 0 Å². The molecule has 0 bridgehead atoms. The maximum Gasteiger partial charge on any atom is 0.127 e. The highest BCUT2D eigenvalue weighted by Gasteiger charge is 2.36. The fraction of sp³-hybridized carbons (Fsp3) is 0.625. The molecule has 3 nitrogen and oxygen atoms in total. The SMILES string of the molecule is CC1CCCC(C)(C)N1OC(CO)c1ccccc1. The Labute approximate surface area is 116 Å². The molecule has 19 heavy (non-hydrogen) atoms. The quantitative estimate of drug-likeness (QED) is 0.904. The summed E-state index contributed by atoms with van der Waals surface area (Å²) in [5.41, 5.74) is 1.05. The van der Waals surface area contributed by atoms with Crippen LogP contribution in [0.15, 0.2) is 30.3 Å². The number of hydrogen-bond donors (Lipinski definition) is 1. The standard InChI is InChI=1S/C16H25NO2/c1-13-8-7-11-16(2,3)17(13)19-15(12-18)14-9-5-4-6-10-14/h4-6,9-10,13,15,18H,7-8,11-12H2,1-3H3. The van der Waals surface area contributed by atoms with Crippen molar-refractivity contribution in [2.75, 3.05) is 6.61 Å². The highest BCUT2D eigenvalue weighted by atomic mass is 16.7. The van der Waals surface area contributed by atoms with Gasteiger partial charge in [0, 0.05) is 11.6 Å². The average Bonchev–Trinajstić information content (AvgIpc) is 2.39. The monoisotopic (exact) mass is 263 g/mol. The van der Waals surface area contributed by atoms with Crippen LogP contribution in [0.3, 0.4) is 0 Å². The van der Waals surface area contributed by atoms with E-state index in [0.29, 0.717) is 6.04 Å². The van der Waals surface area contributed by atoms with Crippen LogP contribution in [0.25, 0.3) is 0 Å². The molecule has 1 saturated heterocycles. The van der Waals surface area contributed by atoms with Crippen molar-refractivity contribution in [2.45, 2.75) is 57.7 Å². The van der Waals surface area contributed by atoms with E-state index in [9.17, 15) is 5.11 Å². The lowest BCUT2D eigenvalue weighted by Gasteiger charge is -2.46. The van der Waals surface area contributed by atoms with Crippen molar-refractivity contribution in [3.8, 4) is 0 Å². The molecule has 1 aliphatic rings. The van der Waals surface area contributed by atoms with Gasteiger partial charge < -0.3 is 5.11 Å². The number of benzene rings is 1. The lowest BCUT2D eigenvalue weighted by Crippen LogP contribution is -2.52. The molecular weight excluding hydrogens is 238 g/mol. The van der Waals surface area contributed by atoms with Crippen LogP contribution < -0.4 is 0 Å². The van der Waals surface area contributed by atoms with Crippen LogP contribution in [0.4, 0.5) is 0 Å². The topological polar surface area (TPSA) is 32.7 Å². The van der Waals surface area contributed by atoms with Gasteiger partial charge in [0.15, 0.2) is 0 Å². The summed E-state index contributed by atoms with van der Waals surface area (Å²) in [6, 6.07) is 10.3. The van der Waals surface area contributed by atoms with Crippen molar-refractivity contribution in [1.82, 2.24) is 5.06 Å². The summed E-state index contributed by atoms with van der Waals surface area (Å²) in [6.07, 6.45) is 3.24. The lowest BCUT2D eigenvalue weighted by molar-refractivity contribution is -0.285. The number of rotatable bonds is 4. The van der Waals surface area contributed by atoms with E-state index in [1.165, 1.54) is 6.42 Å². The van der Waals surface area contributed by atoms with E-state index in [-0.39, 0.29) is 18.2 Å². The van der Waals surface area contributed by atoms with Crippen molar-refractivity contribution >= 4 is 0 Å². The zero-order chi connectivity index (χ0) is 13.9. The molecule has 1 aromatic carbocycles. The van der Waals surface area contributed by atoms with E-state index in [4.69, 9.17) is 4.84 Å². The highest BCUT2D eigenvalue weighted by Crippen LogP contribution is 2.34. The van der Waals surface area contributed by atoms with E-state index in [1.807, 2.05) is 30.3 Å². The summed E-state index contributed by atoms with van der Waals surface area (Å²) in [4.78, 5) is 6.14.